The third-order valence-corrected chi connectivity index (χ3v) is 5.91. The van der Waals surface area contributed by atoms with Gasteiger partial charge in [0, 0.05) is 11.4 Å². The van der Waals surface area contributed by atoms with Crippen molar-refractivity contribution in [3.63, 3.8) is 0 Å². The number of benzene rings is 2. The molecule has 0 unspecified atom stereocenters. The lowest BCUT2D eigenvalue weighted by atomic mass is 10.0. The van der Waals surface area contributed by atoms with E-state index in [1.54, 1.807) is 0 Å². The molecule has 0 spiro atoms. The van der Waals surface area contributed by atoms with Crippen LogP contribution in [0.5, 0.6) is 11.5 Å². The first-order valence-corrected chi connectivity index (χ1v) is 10.6. The van der Waals surface area contributed by atoms with Crippen LogP contribution in [0.3, 0.4) is 0 Å². The number of ether oxygens (including phenoxy) is 2. The van der Waals surface area contributed by atoms with Gasteiger partial charge in [0.05, 0.1) is 12.6 Å². The summed E-state index contributed by atoms with van der Waals surface area (Å²) >= 11 is 0. The van der Waals surface area contributed by atoms with Gasteiger partial charge >= 0.3 is 0 Å². The van der Waals surface area contributed by atoms with Gasteiger partial charge in [-0.1, -0.05) is 24.3 Å². The van der Waals surface area contributed by atoms with Crippen LogP contribution >= 0.6 is 0 Å². The molecule has 1 fully saturated rings. The van der Waals surface area contributed by atoms with Crippen LogP contribution in [0.2, 0.25) is 0 Å². The quantitative estimate of drug-likeness (QED) is 0.687. The van der Waals surface area contributed by atoms with Crippen molar-refractivity contribution in [1.82, 2.24) is 10.2 Å². The summed E-state index contributed by atoms with van der Waals surface area (Å²) in [7, 11) is 0. The van der Waals surface area contributed by atoms with Crippen molar-refractivity contribution in [3.05, 3.63) is 59.9 Å². The molecule has 5 rings (SSSR count). The third-order valence-electron chi connectivity index (χ3n) is 5.91. The predicted molar refractivity (Wildman–Crippen MR) is 114 cm³/mol. The Balaban J connectivity index is 1.24. The molecule has 3 heterocycles. The highest BCUT2D eigenvalue weighted by molar-refractivity contribution is 5.80. The smallest absolute Gasteiger partial charge is 0.234 e. The zero-order chi connectivity index (χ0) is 20.5. The maximum Gasteiger partial charge on any atom is 0.234 e. The maximum absolute atomic E-state index is 12.8. The van der Waals surface area contributed by atoms with Crippen LogP contribution in [0.15, 0.2) is 52.9 Å². The van der Waals surface area contributed by atoms with Gasteiger partial charge in [0.15, 0.2) is 11.5 Å². The van der Waals surface area contributed by atoms with Gasteiger partial charge in [0.2, 0.25) is 5.91 Å². The van der Waals surface area contributed by atoms with Crippen LogP contribution in [0, 0.1) is 0 Å². The largest absolute Gasteiger partial charge is 0.486 e. The van der Waals surface area contributed by atoms with Crippen molar-refractivity contribution in [3.8, 4) is 11.5 Å². The first-order valence-electron chi connectivity index (χ1n) is 10.6. The summed E-state index contributed by atoms with van der Waals surface area (Å²) in [6, 6.07) is 16.0. The Hall–Kier alpha value is -2.99. The van der Waals surface area contributed by atoms with Crippen molar-refractivity contribution in [2.24, 2.45) is 0 Å². The number of nitrogens with one attached hydrogen (secondary N) is 1. The third kappa shape index (κ3) is 3.75. The van der Waals surface area contributed by atoms with Crippen molar-refractivity contribution in [1.29, 1.82) is 0 Å². The lowest BCUT2D eigenvalue weighted by molar-refractivity contribution is -0.123. The fraction of sp³-hybridized carbons (Fsp3) is 0.375. The van der Waals surface area contributed by atoms with E-state index < -0.39 is 0 Å². The van der Waals surface area contributed by atoms with Crippen molar-refractivity contribution in [2.45, 2.75) is 31.8 Å². The molecule has 6 nitrogen and oxygen atoms in total. The van der Waals surface area contributed by atoms with E-state index in [4.69, 9.17) is 13.9 Å². The van der Waals surface area contributed by atoms with E-state index in [1.165, 1.54) is 5.56 Å². The Kier molecular flexibility index (Phi) is 5.09. The van der Waals surface area contributed by atoms with Gasteiger partial charge in [0.1, 0.15) is 24.6 Å². The molecule has 30 heavy (non-hydrogen) atoms. The van der Waals surface area contributed by atoms with Gasteiger partial charge < -0.3 is 19.2 Å². The van der Waals surface area contributed by atoms with Crippen LogP contribution in [-0.2, 0) is 4.79 Å². The maximum atomic E-state index is 12.8. The average molecular weight is 406 g/mol. The number of furan rings is 1. The summed E-state index contributed by atoms with van der Waals surface area (Å²) in [5.74, 6) is 2.38. The summed E-state index contributed by atoms with van der Waals surface area (Å²) in [5, 5.41) is 4.13. The van der Waals surface area contributed by atoms with E-state index in [9.17, 15) is 4.79 Å². The highest BCUT2D eigenvalue weighted by atomic mass is 16.6. The summed E-state index contributed by atoms with van der Waals surface area (Å²) in [4.78, 5) is 15.0. The number of hydrogen-bond donors (Lipinski definition) is 1. The fourth-order valence-corrected chi connectivity index (χ4v) is 4.42. The Morgan fingerprint density at radius 3 is 2.83 bits per heavy atom. The monoisotopic (exact) mass is 406 g/mol. The Morgan fingerprint density at radius 2 is 1.97 bits per heavy atom. The molecular formula is C24H26N2O4. The van der Waals surface area contributed by atoms with Gasteiger partial charge in [-0.15, -0.1) is 0 Å². The Bertz CT molecular complexity index is 1030. The second-order valence-electron chi connectivity index (χ2n) is 8.01. The molecule has 1 amide bonds. The van der Waals surface area contributed by atoms with Crippen LogP contribution in [0.25, 0.3) is 11.0 Å². The molecule has 1 aromatic heterocycles. The highest BCUT2D eigenvalue weighted by Crippen LogP contribution is 2.38. The van der Waals surface area contributed by atoms with Gasteiger partial charge in [0.25, 0.3) is 0 Å². The number of rotatable bonds is 5. The molecule has 1 N–H and O–H groups in total. The topological polar surface area (TPSA) is 63.9 Å². The minimum Gasteiger partial charge on any atom is -0.486 e. The summed E-state index contributed by atoms with van der Waals surface area (Å²) in [6.45, 7) is 4.39. The number of hydrogen-bond acceptors (Lipinski definition) is 5. The normalized spacial score (nSPS) is 19.7. The van der Waals surface area contributed by atoms with Crippen LogP contribution < -0.4 is 14.8 Å². The number of para-hydroxylation sites is 1. The molecule has 1 saturated heterocycles. The molecule has 2 aliphatic heterocycles. The molecule has 2 aliphatic rings. The van der Waals surface area contributed by atoms with E-state index in [0.717, 1.165) is 47.6 Å². The number of likely N-dealkylation sites (tertiary alicyclic amines) is 1. The summed E-state index contributed by atoms with van der Waals surface area (Å²) in [5.41, 5.74) is 2.02. The summed E-state index contributed by atoms with van der Waals surface area (Å²) < 4.78 is 17.3. The minimum atomic E-state index is -0.180. The first-order chi connectivity index (χ1) is 14.7. The number of amides is 1. The second-order valence-corrected chi connectivity index (χ2v) is 8.01. The zero-order valence-corrected chi connectivity index (χ0v) is 17.1. The van der Waals surface area contributed by atoms with E-state index in [1.807, 2.05) is 43.3 Å². The molecule has 2 atom stereocenters. The molecule has 6 heteroatoms. The van der Waals surface area contributed by atoms with Gasteiger partial charge in [-0.25, -0.2) is 0 Å². The molecule has 3 aromatic rings. The van der Waals surface area contributed by atoms with Gasteiger partial charge in [-0.05, 0) is 56.1 Å². The molecule has 0 saturated carbocycles. The van der Waals surface area contributed by atoms with Crippen molar-refractivity contribution < 1.29 is 18.7 Å². The standard InChI is InChI=1S/C24H26N2O4/c1-16(22-14-18-5-2-3-7-20(18)30-22)25-24(27)15-26-10-4-6-19(26)17-8-9-21-23(13-17)29-12-11-28-21/h2-3,5,7-9,13-14,16,19H,4,6,10-12,15H2,1H3,(H,25,27)/t16-,19+/m1/s1. The predicted octanol–water partition coefficient (Wildman–Crippen LogP) is 4.22. The highest BCUT2D eigenvalue weighted by Gasteiger charge is 2.29. The summed E-state index contributed by atoms with van der Waals surface area (Å²) in [6.07, 6.45) is 2.11. The number of carbonyl (C=O) groups excluding carboxylic acids is 1. The van der Waals surface area contributed by atoms with Gasteiger partial charge in [-0.3, -0.25) is 9.69 Å². The van der Waals surface area contributed by atoms with E-state index in [-0.39, 0.29) is 18.0 Å². The SMILES string of the molecule is C[C@@H](NC(=O)CN1CCC[C@H]1c1ccc2c(c1)OCCO2)c1cc2ccccc2o1. The Labute approximate surface area is 175 Å². The van der Waals surface area contributed by atoms with E-state index in [0.29, 0.717) is 19.8 Å². The second kappa shape index (κ2) is 8.03. The van der Waals surface area contributed by atoms with Crippen LogP contribution in [-0.4, -0.2) is 37.1 Å². The lowest BCUT2D eigenvalue weighted by Gasteiger charge is -2.26. The molecule has 2 aromatic carbocycles. The van der Waals surface area contributed by atoms with Crippen molar-refractivity contribution in [2.75, 3.05) is 26.3 Å². The van der Waals surface area contributed by atoms with Crippen molar-refractivity contribution >= 4 is 16.9 Å². The average Bonchev–Trinajstić information content (AvgIpc) is 3.40. The number of fused-ring (bicyclic) bond motifs is 2. The zero-order valence-electron chi connectivity index (χ0n) is 17.1. The van der Waals surface area contributed by atoms with E-state index in [2.05, 4.69) is 22.3 Å². The lowest BCUT2D eigenvalue weighted by Crippen LogP contribution is -2.38. The molecular weight excluding hydrogens is 380 g/mol. The molecule has 0 radical (unpaired) electrons. The van der Waals surface area contributed by atoms with Crippen LogP contribution in [0.4, 0.5) is 0 Å². The van der Waals surface area contributed by atoms with Crippen LogP contribution in [0.1, 0.15) is 43.2 Å². The molecule has 0 aliphatic carbocycles. The minimum absolute atomic E-state index is 0.00685. The fourth-order valence-electron chi connectivity index (χ4n) is 4.42. The Morgan fingerprint density at radius 1 is 1.13 bits per heavy atom. The first kappa shape index (κ1) is 19.0. The van der Waals surface area contributed by atoms with Gasteiger partial charge in [-0.2, -0.15) is 0 Å². The number of nitrogens with zero attached hydrogens (tertiary/aromatic N) is 1. The molecule has 156 valence electrons. The van der Waals surface area contributed by atoms with E-state index >= 15 is 0 Å². The number of carbonyl (C=O) groups is 1. The molecule has 0 bridgehead atoms.